The number of benzene rings is 2. The van der Waals surface area contributed by atoms with Gasteiger partial charge >= 0.3 is 0 Å². The molecule has 2 aromatic carbocycles. The minimum absolute atomic E-state index is 0.170. The molecule has 0 fully saturated rings. The largest absolute Gasteiger partial charge is 0.497 e. The minimum atomic E-state index is -0.892. The number of carbonyl (C=O) groups excluding carboxylic acids is 1. The number of Topliss-reactive ketones (excluding diaryl/α,β-unsaturated/α-hetero) is 1. The lowest BCUT2D eigenvalue weighted by Crippen LogP contribution is -2.16. The predicted octanol–water partition coefficient (Wildman–Crippen LogP) is 5.24. The first-order valence-electron chi connectivity index (χ1n) is 9.72. The molecule has 1 unspecified atom stereocenters. The first kappa shape index (κ1) is 21.8. The van der Waals surface area contributed by atoms with Gasteiger partial charge in [0.2, 0.25) is 0 Å². The lowest BCUT2D eigenvalue weighted by molar-refractivity contribution is 0.0990. The van der Waals surface area contributed by atoms with E-state index in [1.165, 1.54) is 0 Å². The van der Waals surface area contributed by atoms with Crippen LogP contribution in [0.4, 0.5) is 8.78 Å². The second-order valence-electron chi connectivity index (χ2n) is 6.95. The van der Waals surface area contributed by atoms with E-state index in [9.17, 15) is 13.6 Å². The Hall–Kier alpha value is -3.46. The van der Waals surface area contributed by atoms with Crippen LogP contribution in [0, 0.1) is 11.6 Å². The van der Waals surface area contributed by atoms with E-state index in [0.29, 0.717) is 35.1 Å². The van der Waals surface area contributed by atoms with E-state index in [2.05, 4.69) is 10.2 Å². The molecule has 0 radical (unpaired) electrons. The molecule has 32 heavy (non-hydrogen) atoms. The van der Waals surface area contributed by atoms with E-state index >= 15 is 0 Å². The zero-order valence-corrected chi connectivity index (χ0v) is 18.1. The summed E-state index contributed by atoms with van der Waals surface area (Å²) in [4.78, 5) is 12.8. The van der Waals surface area contributed by atoms with E-state index in [4.69, 9.17) is 9.15 Å². The van der Waals surface area contributed by atoms with Crippen LogP contribution in [0.1, 0.15) is 23.0 Å². The zero-order chi connectivity index (χ0) is 22.7. The van der Waals surface area contributed by atoms with Crippen LogP contribution in [0.25, 0.3) is 11.4 Å². The second-order valence-corrected chi connectivity index (χ2v) is 8.26. The number of hydrogen-bond donors (Lipinski definition) is 0. The Morgan fingerprint density at radius 2 is 2.00 bits per heavy atom. The van der Waals surface area contributed by atoms with Gasteiger partial charge in [-0.15, -0.1) is 10.2 Å². The van der Waals surface area contributed by atoms with E-state index in [1.807, 2.05) is 34.9 Å². The van der Waals surface area contributed by atoms with Crippen LogP contribution in [0.5, 0.6) is 5.75 Å². The van der Waals surface area contributed by atoms with Crippen LogP contribution in [0.2, 0.25) is 0 Å². The number of carbonyl (C=O) groups is 1. The van der Waals surface area contributed by atoms with Crippen LogP contribution in [0.3, 0.4) is 0 Å². The molecule has 0 N–H and O–H groups in total. The number of hydrogen-bond acceptors (Lipinski definition) is 6. The molecule has 0 saturated heterocycles. The van der Waals surface area contributed by atoms with E-state index in [-0.39, 0.29) is 5.56 Å². The highest BCUT2D eigenvalue weighted by atomic mass is 32.2. The highest BCUT2D eigenvalue weighted by molar-refractivity contribution is 8.00. The number of methoxy groups -OCH3 is 1. The van der Waals surface area contributed by atoms with Crippen molar-refractivity contribution in [2.45, 2.75) is 23.9 Å². The van der Waals surface area contributed by atoms with Gasteiger partial charge in [0, 0.05) is 11.6 Å². The fourth-order valence-electron chi connectivity index (χ4n) is 3.17. The summed E-state index contributed by atoms with van der Waals surface area (Å²) in [5.74, 6) is -0.186. The number of ether oxygens (including phenoxy) is 1. The third kappa shape index (κ3) is 4.57. The van der Waals surface area contributed by atoms with Gasteiger partial charge in [0.15, 0.2) is 16.8 Å². The molecule has 0 spiro atoms. The summed E-state index contributed by atoms with van der Waals surface area (Å²) in [7, 11) is 1.58. The molecule has 0 amide bonds. The molecule has 0 bridgehead atoms. The van der Waals surface area contributed by atoms with Crippen LogP contribution in [-0.2, 0) is 6.54 Å². The normalized spacial score (nSPS) is 12.0. The molecular formula is C23H19F2N3O3S. The lowest BCUT2D eigenvalue weighted by atomic mass is 10.1. The minimum Gasteiger partial charge on any atom is -0.497 e. The van der Waals surface area contributed by atoms with Gasteiger partial charge in [-0.3, -0.25) is 9.36 Å². The van der Waals surface area contributed by atoms with Gasteiger partial charge in [0.25, 0.3) is 0 Å². The predicted molar refractivity (Wildman–Crippen MR) is 116 cm³/mol. The van der Waals surface area contributed by atoms with Gasteiger partial charge < -0.3 is 9.15 Å². The van der Waals surface area contributed by atoms with Crippen molar-refractivity contribution in [1.29, 1.82) is 0 Å². The Bertz CT molecular complexity index is 1240. The molecule has 2 heterocycles. The van der Waals surface area contributed by atoms with Crippen molar-refractivity contribution in [2.24, 2.45) is 0 Å². The van der Waals surface area contributed by atoms with Crippen LogP contribution in [0.15, 0.2) is 70.4 Å². The molecule has 0 aliphatic rings. The third-order valence-electron chi connectivity index (χ3n) is 4.79. The van der Waals surface area contributed by atoms with E-state index < -0.39 is 22.7 Å². The van der Waals surface area contributed by atoms with Gasteiger partial charge in [-0.1, -0.05) is 23.9 Å². The van der Waals surface area contributed by atoms with Crippen molar-refractivity contribution in [3.05, 3.63) is 83.8 Å². The first-order valence-corrected chi connectivity index (χ1v) is 10.6. The summed E-state index contributed by atoms with van der Waals surface area (Å²) in [6.07, 6.45) is 1.57. The Labute approximate surface area is 187 Å². The lowest BCUT2D eigenvalue weighted by Gasteiger charge is -2.13. The van der Waals surface area contributed by atoms with Crippen molar-refractivity contribution in [1.82, 2.24) is 14.8 Å². The summed E-state index contributed by atoms with van der Waals surface area (Å²) in [5.41, 5.74) is 0.607. The number of rotatable bonds is 8. The van der Waals surface area contributed by atoms with Crippen molar-refractivity contribution < 1.29 is 22.7 Å². The van der Waals surface area contributed by atoms with Crippen molar-refractivity contribution in [3.63, 3.8) is 0 Å². The Balaban J connectivity index is 1.67. The van der Waals surface area contributed by atoms with Gasteiger partial charge in [-0.2, -0.15) is 0 Å². The molecule has 0 saturated carbocycles. The molecule has 164 valence electrons. The molecule has 4 aromatic rings. The van der Waals surface area contributed by atoms with Crippen molar-refractivity contribution in [2.75, 3.05) is 7.11 Å². The summed E-state index contributed by atoms with van der Waals surface area (Å²) in [5, 5.41) is 8.36. The SMILES string of the molecule is COc1cccc(-c2nnc(SC(C)C(=O)c3ccc(F)cc3F)n2Cc2ccco2)c1. The molecule has 1 atom stereocenters. The molecule has 0 aliphatic heterocycles. The Morgan fingerprint density at radius 3 is 2.72 bits per heavy atom. The topological polar surface area (TPSA) is 70.2 Å². The van der Waals surface area contributed by atoms with E-state index in [1.54, 1.807) is 26.4 Å². The Kier molecular flexibility index (Phi) is 6.36. The van der Waals surface area contributed by atoms with Crippen LogP contribution < -0.4 is 4.74 Å². The van der Waals surface area contributed by atoms with Gasteiger partial charge in [-0.25, -0.2) is 8.78 Å². The molecular weight excluding hydrogens is 436 g/mol. The number of ketones is 1. The average molecular weight is 455 g/mol. The monoisotopic (exact) mass is 455 g/mol. The smallest absolute Gasteiger partial charge is 0.192 e. The maximum absolute atomic E-state index is 14.1. The quantitative estimate of drug-likeness (QED) is 0.267. The first-order chi connectivity index (χ1) is 15.5. The fraction of sp³-hybridized carbons (Fsp3) is 0.174. The maximum Gasteiger partial charge on any atom is 0.192 e. The third-order valence-corrected chi connectivity index (χ3v) is 5.87. The second kappa shape index (κ2) is 9.35. The van der Waals surface area contributed by atoms with Gasteiger partial charge in [0.05, 0.1) is 30.7 Å². The number of thioether (sulfide) groups is 1. The number of aromatic nitrogens is 3. The maximum atomic E-state index is 14.1. The molecule has 4 rings (SSSR count). The Morgan fingerprint density at radius 1 is 1.16 bits per heavy atom. The number of furan rings is 1. The standard InChI is InChI=1S/C23H19F2N3O3S/c1-14(21(29)19-9-8-16(24)12-20(19)25)32-23-27-26-22(15-5-3-6-17(11-15)30-2)28(23)13-18-7-4-10-31-18/h3-12,14H,13H2,1-2H3. The summed E-state index contributed by atoms with van der Waals surface area (Å²) >= 11 is 1.14. The number of halogens is 2. The van der Waals surface area contributed by atoms with Crippen molar-refractivity contribution in [3.8, 4) is 17.1 Å². The zero-order valence-electron chi connectivity index (χ0n) is 17.3. The molecule has 6 nitrogen and oxygen atoms in total. The van der Waals surface area contributed by atoms with Crippen LogP contribution >= 0.6 is 11.8 Å². The average Bonchev–Trinajstić information content (AvgIpc) is 3.44. The molecule has 0 aliphatic carbocycles. The van der Waals surface area contributed by atoms with Crippen molar-refractivity contribution >= 4 is 17.5 Å². The fourth-order valence-corrected chi connectivity index (χ4v) is 4.09. The summed E-state index contributed by atoms with van der Waals surface area (Å²) in [6.45, 7) is 1.98. The van der Waals surface area contributed by atoms with E-state index in [0.717, 1.165) is 29.5 Å². The van der Waals surface area contributed by atoms with Gasteiger partial charge in [0.1, 0.15) is 23.1 Å². The highest BCUT2D eigenvalue weighted by Gasteiger charge is 2.24. The molecule has 9 heteroatoms. The highest BCUT2D eigenvalue weighted by Crippen LogP contribution is 2.31. The van der Waals surface area contributed by atoms with Crippen LogP contribution in [-0.4, -0.2) is 32.9 Å². The number of nitrogens with zero attached hydrogens (tertiary/aromatic N) is 3. The summed E-state index contributed by atoms with van der Waals surface area (Å²) < 4.78 is 39.9. The summed E-state index contributed by atoms with van der Waals surface area (Å²) in [6, 6.07) is 13.9. The molecule has 2 aromatic heterocycles. The van der Waals surface area contributed by atoms with Gasteiger partial charge in [-0.05, 0) is 43.3 Å².